The number of carbonyl (C=O) groups is 1. The molecular formula is C12H7BrF2N2O. The van der Waals surface area contributed by atoms with Crippen molar-refractivity contribution in [1.29, 1.82) is 0 Å². The minimum Gasteiger partial charge on any atom is -0.319 e. The van der Waals surface area contributed by atoms with E-state index in [1.165, 1.54) is 36.5 Å². The molecule has 1 heterocycles. The molecule has 1 aromatic carbocycles. The number of halogens is 3. The summed E-state index contributed by atoms with van der Waals surface area (Å²) in [5.74, 6) is -2.25. The zero-order valence-corrected chi connectivity index (χ0v) is 10.5. The molecule has 1 amide bonds. The molecule has 1 aromatic heterocycles. The average molecular weight is 313 g/mol. The van der Waals surface area contributed by atoms with Crippen LogP contribution in [-0.4, -0.2) is 10.9 Å². The fraction of sp³-hybridized carbons (Fsp3) is 0. The van der Waals surface area contributed by atoms with Gasteiger partial charge in [0, 0.05) is 10.7 Å². The van der Waals surface area contributed by atoms with Crippen molar-refractivity contribution in [2.75, 3.05) is 5.32 Å². The van der Waals surface area contributed by atoms with E-state index in [0.717, 1.165) is 0 Å². The largest absolute Gasteiger partial charge is 0.319 e. The molecule has 2 aromatic rings. The van der Waals surface area contributed by atoms with E-state index in [2.05, 4.69) is 26.2 Å². The van der Waals surface area contributed by atoms with E-state index in [9.17, 15) is 13.6 Å². The summed E-state index contributed by atoms with van der Waals surface area (Å²) in [5, 5.41) is 2.28. The molecule has 1 N–H and O–H groups in total. The zero-order valence-electron chi connectivity index (χ0n) is 8.95. The number of aromatic nitrogens is 1. The number of benzene rings is 1. The number of amides is 1. The van der Waals surface area contributed by atoms with Gasteiger partial charge in [0.1, 0.15) is 5.82 Å². The molecule has 3 nitrogen and oxygen atoms in total. The molecule has 0 aliphatic carbocycles. The Kier molecular flexibility index (Phi) is 3.66. The number of rotatable bonds is 2. The number of anilines is 1. The van der Waals surface area contributed by atoms with Crippen molar-refractivity contribution in [1.82, 2.24) is 4.98 Å². The van der Waals surface area contributed by atoms with Crippen LogP contribution in [0.2, 0.25) is 0 Å². The maximum atomic E-state index is 13.4. The van der Waals surface area contributed by atoms with Crippen LogP contribution in [0.4, 0.5) is 14.5 Å². The van der Waals surface area contributed by atoms with Crippen LogP contribution in [0, 0.1) is 11.8 Å². The van der Waals surface area contributed by atoms with Crippen molar-refractivity contribution in [3.63, 3.8) is 0 Å². The van der Waals surface area contributed by atoms with E-state index in [4.69, 9.17) is 0 Å². The molecule has 92 valence electrons. The summed E-state index contributed by atoms with van der Waals surface area (Å²) in [5.41, 5.74) is -0.269. The third-order valence-corrected chi connectivity index (χ3v) is 2.67. The minimum absolute atomic E-state index is 0.0300. The molecule has 6 heteroatoms. The van der Waals surface area contributed by atoms with Crippen molar-refractivity contribution in [2.24, 2.45) is 0 Å². The second-order valence-corrected chi connectivity index (χ2v) is 4.34. The molecule has 0 bridgehead atoms. The Morgan fingerprint density at radius 3 is 2.78 bits per heavy atom. The molecule has 0 radical (unpaired) electrons. The van der Waals surface area contributed by atoms with Gasteiger partial charge in [0.15, 0.2) is 0 Å². The Hall–Kier alpha value is -1.82. The van der Waals surface area contributed by atoms with Crippen LogP contribution in [0.3, 0.4) is 0 Å². The highest BCUT2D eigenvalue weighted by Gasteiger charge is 2.14. The molecule has 0 saturated carbocycles. The van der Waals surface area contributed by atoms with Crippen LogP contribution < -0.4 is 5.32 Å². The van der Waals surface area contributed by atoms with E-state index in [1.54, 1.807) is 0 Å². The van der Waals surface area contributed by atoms with Gasteiger partial charge in [-0.2, -0.15) is 4.39 Å². The number of carbonyl (C=O) groups excluding carboxylic acids is 1. The first kappa shape index (κ1) is 12.6. The smallest absolute Gasteiger partial charge is 0.260 e. The van der Waals surface area contributed by atoms with Crippen LogP contribution in [0.15, 0.2) is 41.0 Å². The predicted molar refractivity (Wildman–Crippen MR) is 66.2 cm³/mol. The first-order valence-electron chi connectivity index (χ1n) is 4.95. The summed E-state index contributed by atoms with van der Waals surface area (Å²) in [4.78, 5) is 15.1. The summed E-state index contributed by atoms with van der Waals surface area (Å²) in [7, 11) is 0. The Labute approximate surface area is 110 Å². The fourth-order valence-electron chi connectivity index (χ4n) is 1.34. The Bertz CT molecular complexity index is 604. The highest BCUT2D eigenvalue weighted by atomic mass is 79.9. The predicted octanol–water partition coefficient (Wildman–Crippen LogP) is 3.37. The molecule has 18 heavy (non-hydrogen) atoms. The normalized spacial score (nSPS) is 10.2. The molecule has 0 saturated heterocycles. The van der Waals surface area contributed by atoms with Gasteiger partial charge in [-0.05, 0) is 30.3 Å². The van der Waals surface area contributed by atoms with Gasteiger partial charge in [0.25, 0.3) is 5.91 Å². The van der Waals surface area contributed by atoms with E-state index >= 15 is 0 Å². The Balaban J connectivity index is 2.27. The minimum atomic E-state index is -0.898. The highest BCUT2D eigenvalue weighted by molar-refractivity contribution is 9.10. The maximum Gasteiger partial charge on any atom is 0.260 e. The van der Waals surface area contributed by atoms with Crippen LogP contribution in [-0.2, 0) is 0 Å². The van der Waals surface area contributed by atoms with E-state index < -0.39 is 17.7 Å². The van der Waals surface area contributed by atoms with Crippen LogP contribution in [0.1, 0.15) is 10.4 Å². The number of nitrogens with one attached hydrogen (secondary N) is 1. The Morgan fingerprint density at radius 1 is 1.28 bits per heavy atom. The van der Waals surface area contributed by atoms with E-state index in [-0.39, 0.29) is 11.3 Å². The monoisotopic (exact) mass is 312 g/mol. The van der Waals surface area contributed by atoms with Crippen molar-refractivity contribution >= 4 is 27.5 Å². The van der Waals surface area contributed by atoms with Gasteiger partial charge < -0.3 is 5.32 Å². The van der Waals surface area contributed by atoms with Gasteiger partial charge >= 0.3 is 0 Å². The van der Waals surface area contributed by atoms with Crippen molar-refractivity contribution in [3.05, 3.63) is 58.3 Å². The summed E-state index contributed by atoms with van der Waals surface area (Å²) in [6, 6.07) is 6.78. The molecule has 2 rings (SSSR count). The SMILES string of the molecule is O=C(Nc1cc(Br)ccc1F)c1cccnc1F. The van der Waals surface area contributed by atoms with Gasteiger partial charge in [0.2, 0.25) is 5.95 Å². The van der Waals surface area contributed by atoms with Crippen LogP contribution >= 0.6 is 15.9 Å². The summed E-state index contributed by atoms with van der Waals surface area (Å²) < 4.78 is 27.3. The maximum absolute atomic E-state index is 13.4. The quantitative estimate of drug-likeness (QED) is 0.864. The van der Waals surface area contributed by atoms with Crippen LogP contribution in [0.5, 0.6) is 0 Å². The van der Waals surface area contributed by atoms with Gasteiger partial charge in [-0.15, -0.1) is 0 Å². The standard InChI is InChI=1S/C12H7BrF2N2O/c13-7-3-4-9(14)10(6-7)17-12(18)8-2-1-5-16-11(8)15/h1-6H,(H,17,18). The summed E-state index contributed by atoms with van der Waals surface area (Å²) in [6.45, 7) is 0. The highest BCUT2D eigenvalue weighted by Crippen LogP contribution is 2.20. The second-order valence-electron chi connectivity index (χ2n) is 3.42. The van der Waals surface area contributed by atoms with E-state index in [0.29, 0.717) is 4.47 Å². The lowest BCUT2D eigenvalue weighted by Crippen LogP contribution is -2.15. The molecule has 0 fully saturated rings. The molecule has 0 aliphatic heterocycles. The number of nitrogens with zero attached hydrogens (tertiary/aromatic N) is 1. The van der Waals surface area contributed by atoms with E-state index in [1.807, 2.05) is 0 Å². The van der Waals surface area contributed by atoms with Crippen molar-refractivity contribution < 1.29 is 13.6 Å². The number of pyridine rings is 1. The third kappa shape index (κ3) is 2.70. The van der Waals surface area contributed by atoms with Crippen molar-refractivity contribution in [2.45, 2.75) is 0 Å². The molecule has 0 aliphatic rings. The molecule has 0 atom stereocenters. The van der Waals surface area contributed by atoms with Gasteiger partial charge in [0.05, 0.1) is 11.3 Å². The lowest BCUT2D eigenvalue weighted by atomic mass is 10.2. The van der Waals surface area contributed by atoms with Crippen molar-refractivity contribution in [3.8, 4) is 0 Å². The lowest BCUT2D eigenvalue weighted by Gasteiger charge is -2.07. The zero-order chi connectivity index (χ0) is 13.1. The number of hydrogen-bond donors (Lipinski definition) is 1. The Morgan fingerprint density at radius 2 is 2.06 bits per heavy atom. The van der Waals surface area contributed by atoms with Gasteiger partial charge in [-0.3, -0.25) is 4.79 Å². The summed E-state index contributed by atoms with van der Waals surface area (Å²) in [6.07, 6.45) is 1.23. The van der Waals surface area contributed by atoms with Gasteiger partial charge in [-0.1, -0.05) is 15.9 Å². The number of hydrogen-bond acceptors (Lipinski definition) is 2. The first-order valence-corrected chi connectivity index (χ1v) is 5.74. The third-order valence-electron chi connectivity index (χ3n) is 2.18. The average Bonchev–Trinajstić information content (AvgIpc) is 2.34. The first-order chi connectivity index (χ1) is 8.58. The summed E-state index contributed by atoms with van der Waals surface area (Å²) >= 11 is 3.15. The second kappa shape index (κ2) is 5.22. The lowest BCUT2D eigenvalue weighted by molar-refractivity contribution is 0.102. The fourth-order valence-corrected chi connectivity index (χ4v) is 1.70. The molecular weight excluding hydrogens is 306 g/mol. The van der Waals surface area contributed by atoms with Crippen LogP contribution in [0.25, 0.3) is 0 Å². The van der Waals surface area contributed by atoms with Gasteiger partial charge in [-0.25, -0.2) is 9.37 Å². The topological polar surface area (TPSA) is 42.0 Å². The molecule has 0 spiro atoms. The molecule has 0 unspecified atom stereocenters.